The monoisotopic (exact) mass is 263 g/mol. The first kappa shape index (κ1) is 13.1. The van der Waals surface area contributed by atoms with Crippen molar-refractivity contribution in [2.24, 2.45) is 11.7 Å². The molecule has 1 aromatic heterocycles. The maximum Gasteiger partial charge on any atom is 0.227 e. The zero-order chi connectivity index (χ0) is 13.1. The van der Waals surface area contributed by atoms with Gasteiger partial charge in [0.25, 0.3) is 0 Å². The van der Waals surface area contributed by atoms with Crippen molar-refractivity contribution in [2.75, 3.05) is 11.9 Å². The molecule has 1 heterocycles. The number of fused-ring (bicyclic) bond motifs is 1. The molecule has 0 saturated carbocycles. The molecule has 0 aromatic carbocycles. The Balaban J connectivity index is 2.15. The Hall–Kier alpha value is -1.38. The van der Waals surface area contributed by atoms with Gasteiger partial charge in [0.05, 0.1) is 5.56 Å². The van der Waals surface area contributed by atoms with E-state index in [1.165, 1.54) is 4.88 Å². The van der Waals surface area contributed by atoms with Crippen molar-refractivity contribution < 1.29 is 4.79 Å². The zero-order valence-electron chi connectivity index (χ0n) is 10.5. The molecule has 3 N–H and O–H groups in total. The Kier molecular flexibility index (Phi) is 4.00. The summed E-state index contributed by atoms with van der Waals surface area (Å²) in [5.74, 6) is -0.157. The average molecular weight is 263 g/mol. The standard InChI is InChI=1S/C13H17N3OS/c1-8(5-6-14)12(17)16-13-10(7-15)9-3-2-4-11(9)18-13/h8H,2-6,14H2,1H3,(H,16,17). The van der Waals surface area contributed by atoms with Crippen molar-refractivity contribution in [1.29, 1.82) is 5.26 Å². The number of rotatable bonds is 4. The van der Waals surface area contributed by atoms with E-state index in [1.54, 1.807) is 11.3 Å². The number of nitrogens with one attached hydrogen (secondary N) is 1. The Morgan fingerprint density at radius 1 is 1.61 bits per heavy atom. The second-order valence-electron chi connectivity index (χ2n) is 4.64. The highest BCUT2D eigenvalue weighted by Crippen LogP contribution is 2.38. The number of nitrogens with two attached hydrogens (primary N) is 1. The lowest BCUT2D eigenvalue weighted by molar-refractivity contribution is -0.119. The molecule has 0 fully saturated rings. The maximum atomic E-state index is 11.9. The molecule has 96 valence electrons. The number of thiophene rings is 1. The van der Waals surface area contributed by atoms with Gasteiger partial charge in [0.15, 0.2) is 0 Å². The molecule has 1 unspecified atom stereocenters. The summed E-state index contributed by atoms with van der Waals surface area (Å²) < 4.78 is 0. The first-order valence-electron chi connectivity index (χ1n) is 6.23. The van der Waals surface area contributed by atoms with E-state index >= 15 is 0 Å². The van der Waals surface area contributed by atoms with Gasteiger partial charge in [0.2, 0.25) is 5.91 Å². The fourth-order valence-electron chi connectivity index (χ4n) is 2.23. The normalized spacial score (nSPS) is 14.9. The highest BCUT2D eigenvalue weighted by molar-refractivity contribution is 7.16. The molecule has 2 rings (SSSR count). The predicted octanol–water partition coefficient (Wildman–Crippen LogP) is 2.03. The van der Waals surface area contributed by atoms with E-state index in [1.807, 2.05) is 6.92 Å². The summed E-state index contributed by atoms with van der Waals surface area (Å²) in [7, 11) is 0. The van der Waals surface area contributed by atoms with Gasteiger partial charge in [0, 0.05) is 10.8 Å². The quantitative estimate of drug-likeness (QED) is 0.872. The molecule has 4 nitrogen and oxygen atoms in total. The van der Waals surface area contributed by atoms with Crippen LogP contribution in [0.4, 0.5) is 5.00 Å². The van der Waals surface area contributed by atoms with Gasteiger partial charge in [-0.3, -0.25) is 4.79 Å². The van der Waals surface area contributed by atoms with Gasteiger partial charge in [-0.2, -0.15) is 5.26 Å². The minimum absolute atomic E-state index is 0.0446. The van der Waals surface area contributed by atoms with Crippen molar-refractivity contribution in [3.05, 3.63) is 16.0 Å². The van der Waals surface area contributed by atoms with Gasteiger partial charge in [-0.15, -0.1) is 11.3 Å². The summed E-state index contributed by atoms with van der Waals surface area (Å²) in [6, 6.07) is 2.22. The topological polar surface area (TPSA) is 78.9 Å². The number of hydrogen-bond acceptors (Lipinski definition) is 4. The van der Waals surface area contributed by atoms with Gasteiger partial charge >= 0.3 is 0 Å². The number of carbonyl (C=O) groups is 1. The molecule has 1 aliphatic rings. The van der Waals surface area contributed by atoms with Crippen molar-refractivity contribution in [3.63, 3.8) is 0 Å². The summed E-state index contributed by atoms with van der Waals surface area (Å²) in [5.41, 5.74) is 7.26. The molecule has 1 aromatic rings. The largest absolute Gasteiger partial charge is 0.330 e. The molecule has 0 saturated heterocycles. The molecule has 0 radical (unpaired) electrons. The molecule has 0 aliphatic heterocycles. The van der Waals surface area contributed by atoms with E-state index in [4.69, 9.17) is 5.73 Å². The van der Waals surface area contributed by atoms with E-state index in [0.717, 1.165) is 29.8 Å². The predicted molar refractivity (Wildman–Crippen MR) is 72.5 cm³/mol. The number of carbonyl (C=O) groups excluding carboxylic acids is 1. The Bertz CT molecular complexity index is 501. The van der Waals surface area contributed by atoms with E-state index in [2.05, 4.69) is 11.4 Å². The first-order valence-corrected chi connectivity index (χ1v) is 7.04. The smallest absolute Gasteiger partial charge is 0.227 e. The Labute approximate surface area is 111 Å². The van der Waals surface area contributed by atoms with E-state index in [-0.39, 0.29) is 11.8 Å². The van der Waals surface area contributed by atoms with Crippen LogP contribution in [0, 0.1) is 17.2 Å². The van der Waals surface area contributed by atoms with E-state index in [9.17, 15) is 10.1 Å². The summed E-state index contributed by atoms with van der Waals surface area (Å²) in [4.78, 5) is 13.2. The first-order chi connectivity index (χ1) is 8.67. The molecule has 5 heteroatoms. The van der Waals surface area contributed by atoms with Crippen LogP contribution < -0.4 is 11.1 Å². The number of aryl methyl sites for hydroxylation is 1. The molecule has 1 amide bonds. The van der Waals surface area contributed by atoms with E-state index in [0.29, 0.717) is 18.5 Å². The fourth-order valence-corrected chi connectivity index (χ4v) is 3.47. The Morgan fingerprint density at radius 3 is 3.06 bits per heavy atom. The number of anilines is 1. The fraction of sp³-hybridized carbons (Fsp3) is 0.538. The van der Waals surface area contributed by atoms with Crippen LogP contribution in [0.3, 0.4) is 0 Å². The molecule has 18 heavy (non-hydrogen) atoms. The molecule has 1 aliphatic carbocycles. The molecule has 0 spiro atoms. The highest BCUT2D eigenvalue weighted by atomic mass is 32.1. The average Bonchev–Trinajstić information content (AvgIpc) is 2.89. The van der Waals surface area contributed by atoms with Gasteiger partial charge in [-0.1, -0.05) is 6.92 Å². The lowest BCUT2D eigenvalue weighted by Gasteiger charge is -2.10. The van der Waals surface area contributed by atoms with Crippen LogP contribution in [0.1, 0.15) is 35.8 Å². The van der Waals surface area contributed by atoms with Gasteiger partial charge < -0.3 is 11.1 Å². The van der Waals surface area contributed by atoms with Crippen LogP contribution in [0.2, 0.25) is 0 Å². The van der Waals surface area contributed by atoms with E-state index < -0.39 is 0 Å². The number of hydrogen-bond donors (Lipinski definition) is 2. The summed E-state index contributed by atoms with van der Waals surface area (Å²) in [6.45, 7) is 2.36. The van der Waals surface area contributed by atoms with Crippen molar-refractivity contribution in [1.82, 2.24) is 0 Å². The van der Waals surface area contributed by atoms with Gasteiger partial charge in [0.1, 0.15) is 11.1 Å². The number of nitrogens with zero attached hydrogens (tertiary/aromatic N) is 1. The van der Waals surface area contributed by atoms with Crippen molar-refractivity contribution in [3.8, 4) is 6.07 Å². The highest BCUT2D eigenvalue weighted by Gasteiger charge is 2.24. The lowest BCUT2D eigenvalue weighted by atomic mass is 10.1. The van der Waals surface area contributed by atoms with Gasteiger partial charge in [-0.05, 0) is 37.8 Å². The van der Waals surface area contributed by atoms with Crippen molar-refractivity contribution >= 4 is 22.2 Å². The van der Waals surface area contributed by atoms with Crippen LogP contribution in [0.15, 0.2) is 0 Å². The summed E-state index contributed by atoms with van der Waals surface area (Å²) >= 11 is 1.55. The van der Waals surface area contributed by atoms with Crippen LogP contribution in [0.25, 0.3) is 0 Å². The van der Waals surface area contributed by atoms with Crippen LogP contribution in [-0.2, 0) is 17.6 Å². The molecular weight excluding hydrogens is 246 g/mol. The maximum absolute atomic E-state index is 11.9. The summed E-state index contributed by atoms with van der Waals surface area (Å²) in [5, 5.41) is 12.8. The van der Waals surface area contributed by atoms with Gasteiger partial charge in [-0.25, -0.2) is 0 Å². The third-order valence-corrected chi connectivity index (χ3v) is 4.52. The minimum atomic E-state index is -0.113. The van der Waals surface area contributed by atoms with Crippen LogP contribution in [-0.4, -0.2) is 12.5 Å². The second kappa shape index (κ2) is 5.51. The third kappa shape index (κ3) is 2.40. The minimum Gasteiger partial charge on any atom is -0.330 e. The number of nitriles is 1. The van der Waals surface area contributed by atoms with Crippen LogP contribution in [0.5, 0.6) is 0 Å². The summed E-state index contributed by atoms with van der Waals surface area (Å²) in [6.07, 6.45) is 3.78. The number of amides is 1. The SMILES string of the molecule is CC(CCN)C(=O)Nc1sc2c(c1C#N)CCC2. The molecule has 1 atom stereocenters. The third-order valence-electron chi connectivity index (χ3n) is 3.32. The lowest BCUT2D eigenvalue weighted by Crippen LogP contribution is -2.22. The zero-order valence-corrected chi connectivity index (χ0v) is 11.3. The van der Waals surface area contributed by atoms with Crippen molar-refractivity contribution in [2.45, 2.75) is 32.6 Å². The molecule has 0 bridgehead atoms. The Morgan fingerprint density at radius 2 is 2.39 bits per heavy atom. The molecular formula is C13H17N3OS. The second-order valence-corrected chi connectivity index (χ2v) is 5.75. The van der Waals surface area contributed by atoms with Crippen LogP contribution >= 0.6 is 11.3 Å².